The molecular weight excluding hydrogens is 260 g/mol. The van der Waals surface area contributed by atoms with E-state index in [0.717, 1.165) is 17.0 Å². The van der Waals surface area contributed by atoms with Crippen molar-refractivity contribution in [1.29, 1.82) is 0 Å². The maximum Gasteiger partial charge on any atom is 0.0610 e. The quantitative estimate of drug-likeness (QED) is 0.844. The molecule has 2 atom stereocenters. The molecule has 19 heavy (non-hydrogen) atoms. The van der Waals surface area contributed by atoms with Crippen LogP contribution in [-0.2, 0) is 0 Å². The molecule has 0 fully saturated rings. The van der Waals surface area contributed by atoms with Crippen molar-refractivity contribution in [3.8, 4) is 0 Å². The molecule has 0 saturated heterocycles. The van der Waals surface area contributed by atoms with Crippen molar-refractivity contribution < 1.29 is 5.11 Å². The highest BCUT2D eigenvalue weighted by Crippen LogP contribution is 2.30. The van der Waals surface area contributed by atoms with E-state index in [-0.39, 0.29) is 24.2 Å². The van der Waals surface area contributed by atoms with E-state index in [1.165, 1.54) is 0 Å². The lowest BCUT2D eigenvalue weighted by atomic mass is 9.92. The summed E-state index contributed by atoms with van der Waals surface area (Å²) >= 11 is 5.94. The highest BCUT2D eigenvalue weighted by molar-refractivity contribution is 6.30. The Morgan fingerprint density at radius 1 is 1.32 bits per heavy atom. The standard InChI is InChI=1S/C15H25ClN2O/c1-5-13(17)14(18(4)15(2,3)10-19)11-6-8-12(16)9-7-11/h6-9,13-14,19H,5,10,17H2,1-4H3. The summed E-state index contributed by atoms with van der Waals surface area (Å²) in [5.41, 5.74) is 7.09. The van der Waals surface area contributed by atoms with Crippen molar-refractivity contribution in [1.82, 2.24) is 4.90 Å². The second-order valence-electron chi connectivity index (χ2n) is 5.65. The summed E-state index contributed by atoms with van der Waals surface area (Å²) < 4.78 is 0. The van der Waals surface area contributed by atoms with Gasteiger partial charge < -0.3 is 10.8 Å². The minimum absolute atomic E-state index is 0.0111. The van der Waals surface area contributed by atoms with Gasteiger partial charge in [0.25, 0.3) is 0 Å². The van der Waals surface area contributed by atoms with Crippen LogP contribution in [0.4, 0.5) is 0 Å². The van der Waals surface area contributed by atoms with Gasteiger partial charge in [-0.3, -0.25) is 4.90 Å². The minimum atomic E-state index is -0.322. The first-order valence-electron chi connectivity index (χ1n) is 6.68. The van der Waals surface area contributed by atoms with Gasteiger partial charge in [0.1, 0.15) is 0 Å². The molecule has 4 heteroatoms. The molecule has 0 amide bonds. The van der Waals surface area contributed by atoms with Crippen molar-refractivity contribution in [2.75, 3.05) is 13.7 Å². The van der Waals surface area contributed by atoms with Gasteiger partial charge in [0, 0.05) is 16.6 Å². The molecule has 3 nitrogen and oxygen atoms in total. The van der Waals surface area contributed by atoms with Gasteiger partial charge in [-0.05, 0) is 45.0 Å². The predicted octanol–water partition coefficient (Wildman–Crippen LogP) is 2.82. The molecule has 0 radical (unpaired) electrons. The number of likely N-dealkylation sites (N-methyl/N-ethyl adjacent to an activating group) is 1. The molecular formula is C15H25ClN2O. The fourth-order valence-electron chi connectivity index (χ4n) is 2.13. The molecule has 1 aromatic carbocycles. The van der Waals surface area contributed by atoms with Crippen molar-refractivity contribution in [2.45, 2.75) is 44.8 Å². The largest absolute Gasteiger partial charge is 0.394 e. The van der Waals surface area contributed by atoms with E-state index < -0.39 is 0 Å². The normalized spacial score (nSPS) is 15.6. The number of aliphatic hydroxyl groups excluding tert-OH is 1. The van der Waals surface area contributed by atoms with Crippen molar-refractivity contribution in [2.24, 2.45) is 5.73 Å². The summed E-state index contributed by atoms with van der Waals surface area (Å²) in [6.07, 6.45) is 0.874. The van der Waals surface area contributed by atoms with Crippen LogP contribution in [0.2, 0.25) is 5.02 Å². The van der Waals surface area contributed by atoms with Crippen LogP contribution in [0.25, 0.3) is 0 Å². The molecule has 2 unspecified atom stereocenters. The first-order chi connectivity index (χ1) is 8.83. The predicted molar refractivity (Wildman–Crippen MR) is 81.4 cm³/mol. The fraction of sp³-hybridized carbons (Fsp3) is 0.600. The Kier molecular flexibility index (Phi) is 5.81. The molecule has 3 N–H and O–H groups in total. The molecule has 0 spiro atoms. The maximum atomic E-state index is 9.56. The number of hydrogen-bond donors (Lipinski definition) is 2. The van der Waals surface area contributed by atoms with Crippen LogP contribution in [0.3, 0.4) is 0 Å². The smallest absolute Gasteiger partial charge is 0.0610 e. The lowest BCUT2D eigenvalue weighted by molar-refractivity contribution is 0.0345. The number of halogens is 1. The molecule has 1 aromatic rings. The Labute approximate surface area is 121 Å². The monoisotopic (exact) mass is 284 g/mol. The number of nitrogens with zero attached hydrogens (tertiary/aromatic N) is 1. The summed E-state index contributed by atoms with van der Waals surface area (Å²) in [7, 11) is 2.00. The van der Waals surface area contributed by atoms with E-state index in [4.69, 9.17) is 17.3 Å². The molecule has 1 rings (SSSR count). The van der Waals surface area contributed by atoms with Gasteiger partial charge in [-0.1, -0.05) is 30.7 Å². The lowest BCUT2D eigenvalue weighted by Crippen LogP contribution is -2.51. The highest BCUT2D eigenvalue weighted by Gasteiger charge is 2.32. The van der Waals surface area contributed by atoms with E-state index in [1.54, 1.807) is 0 Å². The molecule has 0 aliphatic rings. The van der Waals surface area contributed by atoms with Gasteiger partial charge >= 0.3 is 0 Å². The SMILES string of the molecule is CCC(N)C(c1ccc(Cl)cc1)N(C)C(C)(C)CO. The van der Waals surface area contributed by atoms with Crippen LogP contribution in [0.15, 0.2) is 24.3 Å². The van der Waals surface area contributed by atoms with Crippen LogP contribution < -0.4 is 5.73 Å². The Bertz CT molecular complexity index is 392. The van der Waals surface area contributed by atoms with Gasteiger partial charge in [-0.2, -0.15) is 0 Å². The van der Waals surface area contributed by atoms with Crippen molar-refractivity contribution in [3.63, 3.8) is 0 Å². The molecule has 108 valence electrons. The van der Waals surface area contributed by atoms with Crippen molar-refractivity contribution >= 4 is 11.6 Å². The second kappa shape index (κ2) is 6.71. The van der Waals surface area contributed by atoms with Gasteiger partial charge in [-0.15, -0.1) is 0 Å². The number of rotatable bonds is 6. The average molecular weight is 285 g/mol. The average Bonchev–Trinajstić information content (AvgIpc) is 2.40. The summed E-state index contributed by atoms with van der Waals surface area (Å²) in [4.78, 5) is 2.14. The van der Waals surface area contributed by atoms with E-state index in [2.05, 4.69) is 11.8 Å². The van der Waals surface area contributed by atoms with Gasteiger partial charge in [-0.25, -0.2) is 0 Å². The summed E-state index contributed by atoms with van der Waals surface area (Å²) in [6, 6.07) is 7.85. The first-order valence-corrected chi connectivity index (χ1v) is 7.06. The van der Waals surface area contributed by atoms with Crippen LogP contribution in [0.5, 0.6) is 0 Å². The van der Waals surface area contributed by atoms with Gasteiger partial charge in [0.2, 0.25) is 0 Å². The second-order valence-corrected chi connectivity index (χ2v) is 6.09. The van der Waals surface area contributed by atoms with Crippen LogP contribution in [-0.4, -0.2) is 35.2 Å². The fourth-order valence-corrected chi connectivity index (χ4v) is 2.26. The Morgan fingerprint density at radius 3 is 2.26 bits per heavy atom. The third kappa shape index (κ3) is 3.93. The maximum absolute atomic E-state index is 9.56. The van der Waals surface area contributed by atoms with Crippen molar-refractivity contribution in [3.05, 3.63) is 34.9 Å². The zero-order valence-electron chi connectivity index (χ0n) is 12.2. The Morgan fingerprint density at radius 2 is 1.84 bits per heavy atom. The molecule has 0 aliphatic carbocycles. The third-order valence-corrected chi connectivity index (χ3v) is 4.10. The lowest BCUT2D eigenvalue weighted by Gasteiger charge is -2.42. The van der Waals surface area contributed by atoms with Gasteiger partial charge in [0.15, 0.2) is 0 Å². The van der Waals surface area contributed by atoms with Gasteiger partial charge in [0.05, 0.1) is 12.6 Å². The third-order valence-electron chi connectivity index (χ3n) is 3.85. The molecule has 0 aromatic heterocycles. The Balaban J connectivity index is 3.11. The molecule has 0 heterocycles. The molecule has 0 bridgehead atoms. The first kappa shape index (κ1) is 16.4. The van der Waals surface area contributed by atoms with E-state index in [1.807, 2.05) is 45.2 Å². The summed E-state index contributed by atoms with van der Waals surface area (Å²) in [5.74, 6) is 0. The van der Waals surface area contributed by atoms with Crippen LogP contribution in [0, 0.1) is 0 Å². The van der Waals surface area contributed by atoms with E-state index in [0.29, 0.717) is 0 Å². The number of aliphatic hydroxyl groups is 1. The summed E-state index contributed by atoms with van der Waals surface area (Å²) in [5, 5.41) is 10.3. The Hall–Kier alpha value is -0.610. The molecule has 0 aliphatic heterocycles. The van der Waals surface area contributed by atoms with E-state index >= 15 is 0 Å². The van der Waals surface area contributed by atoms with Crippen LogP contribution in [0.1, 0.15) is 38.8 Å². The number of hydrogen-bond acceptors (Lipinski definition) is 3. The zero-order chi connectivity index (χ0) is 14.6. The number of nitrogens with two attached hydrogens (primary N) is 1. The number of benzene rings is 1. The molecule has 0 saturated carbocycles. The van der Waals surface area contributed by atoms with Crippen LogP contribution >= 0.6 is 11.6 Å². The highest BCUT2D eigenvalue weighted by atomic mass is 35.5. The minimum Gasteiger partial charge on any atom is -0.394 e. The zero-order valence-corrected chi connectivity index (χ0v) is 13.0. The summed E-state index contributed by atoms with van der Waals surface area (Å²) in [6.45, 7) is 6.19. The van der Waals surface area contributed by atoms with E-state index in [9.17, 15) is 5.11 Å². The topological polar surface area (TPSA) is 49.5 Å².